The number of ether oxygens (including phenoxy) is 1. The summed E-state index contributed by atoms with van der Waals surface area (Å²) in [6, 6.07) is 14.4. The van der Waals surface area contributed by atoms with E-state index in [-0.39, 0.29) is 0 Å². The Morgan fingerprint density at radius 2 is 1.82 bits per heavy atom. The molecule has 0 aromatic heterocycles. The predicted molar refractivity (Wildman–Crippen MR) is 69.8 cm³/mol. The van der Waals surface area contributed by atoms with E-state index in [0.717, 1.165) is 4.47 Å². The van der Waals surface area contributed by atoms with Crippen LogP contribution in [-0.2, 0) is 0 Å². The third-order valence-corrected chi connectivity index (χ3v) is 2.83. The summed E-state index contributed by atoms with van der Waals surface area (Å²) in [5.41, 5.74) is 6.97. The van der Waals surface area contributed by atoms with Crippen molar-refractivity contribution in [1.29, 1.82) is 5.26 Å². The molecule has 2 rings (SSSR count). The van der Waals surface area contributed by atoms with Crippen LogP contribution in [-0.4, -0.2) is 0 Å². The Morgan fingerprint density at radius 3 is 2.41 bits per heavy atom. The molecule has 0 aliphatic carbocycles. The van der Waals surface area contributed by atoms with Gasteiger partial charge in [-0.25, -0.2) is 0 Å². The molecule has 0 amide bonds. The van der Waals surface area contributed by atoms with Gasteiger partial charge in [0.1, 0.15) is 5.75 Å². The molecule has 0 unspecified atom stereocenters. The minimum absolute atomic E-state index is 0.559. The monoisotopic (exact) mass is 288 g/mol. The average Bonchev–Trinajstić information content (AvgIpc) is 2.35. The second-order valence-corrected chi connectivity index (χ2v) is 4.25. The molecule has 0 aliphatic rings. The zero-order valence-electron chi connectivity index (χ0n) is 8.85. The van der Waals surface area contributed by atoms with Crippen LogP contribution in [0.5, 0.6) is 11.5 Å². The molecule has 0 atom stereocenters. The molecule has 0 heterocycles. The van der Waals surface area contributed by atoms with Crippen LogP contribution in [0.25, 0.3) is 0 Å². The van der Waals surface area contributed by atoms with Gasteiger partial charge in [-0.05, 0) is 52.3 Å². The molecule has 0 aliphatic heterocycles. The first-order valence-corrected chi connectivity index (χ1v) is 5.72. The second kappa shape index (κ2) is 4.89. The van der Waals surface area contributed by atoms with Crippen LogP contribution >= 0.6 is 15.9 Å². The van der Waals surface area contributed by atoms with E-state index >= 15 is 0 Å². The minimum Gasteiger partial charge on any atom is -0.454 e. The molecule has 0 spiro atoms. The van der Waals surface area contributed by atoms with Gasteiger partial charge in [-0.2, -0.15) is 5.26 Å². The molecular weight excluding hydrogens is 280 g/mol. The molecule has 0 bridgehead atoms. The number of hydrogen-bond acceptors (Lipinski definition) is 3. The zero-order chi connectivity index (χ0) is 12.3. The summed E-state index contributed by atoms with van der Waals surface area (Å²) < 4.78 is 6.45. The molecule has 17 heavy (non-hydrogen) atoms. The number of nitrogens with zero attached hydrogens (tertiary/aromatic N) is 1. The summed E-state index contributed by atoms with van der Waals surface area (Å²) >= 11 is 3.38. The van der Waals surface area contributed by atoms with Gasteiger partial charge < -0.3 is 10.5 Å². The van der Waals surface area contributed by atoms with Crippen LogP contribution < -0.4 is 10.5 Å². The van der Waals surface area contributed by atoms with Crippen LogP contribution in [0.3, 0.4) is 0 Å². The number of nitriles is 1. The lowest BCUT2D eigenvalue weighted by atomic mass is 10.2. The van der Waals surface area contributed by atoms with Crippen LogP contribution in [0.2, 0.25) is 0 Å². The van der Waals surface area contributed by atoms with E-state index in [4.69, 9.17) is 15.7 Å². The third kappa shape index (κ3) is 2.58. The summed E-state index contributed by atoms with van der Waals surface area (Å²) in [7, 11) is 0. The highest BCUT2D eigenvalue weighted by molar-refractivity contribution is 9.10. The molecule has 2 N–H and O–H groups in total. The Kier molecular flexibility index (Phi) is 3.31. The molecular formula is C13H9BrN2O. The van der Waals surface area contributed by atoms with Crippen LogP contribution in [0, 0.1) is 11.3 Å². The maximum atomic E-state index is 8.69. The number of benzene rings is 2. The fourth-order valence-electron chi connectivity index (χ4n) is 1.35. The van der Waals surface area contributed by atoms with E-state index in [1.54, 1.807) is 30.3 Å². The van der Waals surface area contributed by atoms with Crippen molar-refractivity contribution in [1.82, 2.24) is 0 Å². The summed E-state index contributed by atoms with van der Waals surface area (Å²) in [6.45, 7) is 0. The van der Waals surface area contributed by atoms with Crippen molar-refractivity contribution in [2.45, 2.75) is 0 Å². The van der Waals surface area contributed by atoms with Gasteiger partial charge in [-0.15, -0.1) is 0 Å². The molecule has 3 nitrogen and oxygen atoms in total. The van der Waals surface area contributed by atoms with Crippen LogP contribution in [0.4, 0.5) is 5.69 Å². The number of halogens is 1. The summed E-state index contributed by atoms with van der Waals surface area (Å²) in [6.07, 6.45) is 0. The molecule has 2 aromatic carbocycles. The van der Waals surface area contributed by atoms with Crippen molar-refractivity contribution >= 4 is 21.6 Å². The van der Waals surface area contributed by atoms with Crippen LogP contribution in [0.15, 0.2) is 46.9 Å². The van der Waals surface area contributed by atoms with E-state index in [1.165, 1.54) is 0 Å². The highest BCUT2D eigenvalue weighted by Gasteiger charge is 2.06. The highest BCUT2D eigenvalue weighted by atomic mass is 79.9. The van der Waals surface area contributed by atoms with E-state index in [9.17, 15) is 0 Å². The lowest BCUT2D eigenvalue weighted by molar-refractivity contribution is 0.482. The van der Waals surface area contributed by atoms with Crippen LogP contribution in [0.1, 0.15) is 5.56 Å². The molecule has 4 heteroatoms. The standard InChI is InChI=1S/C13H9BrN2O/c14-11-2-1-3-12(16)13(11)17-10-6-4-9(8-15)5-7-10/h1-7H,16H2. The number of hydrogen-bond donors (Lipinski definition) is 1. The Labute approximate surface area is 108 Å². The Bertz CT molecular complexity index is 553. The summed E-state index contributed by atoms with van der Waals surface area (Å²) in [5, 5.41) is 8.69. The van der Waals surface area contributed by atoms with Gasteiger partial charge in [0.05, 0.1) is 21.8 Å². The first-order valence-electron chi connectivity index (χ1n) is 4.92. The molecule has 0 saturated heterocycles. The lowest BCUT2D eigenvalue weighted by Crippen LogP contribution is -1.92. The topological polar surface area (TPSA) is 59.0 Å². The highest BCUT2D eigenvalue weighted by Crippen LogP contribution is 2.34. The zero-order valence-corrected chi connectivity index (χ0v) is 10.4. The molecule has 0 radical (unpaired) electrons. The molecule has 2 aromatic rings. The maximum absolute atomic E-state index is 8.69. The second-order valence-electron chi connectivity index (χ2n) is 3.40. The van der Waals surface area contributed by atoms with Gasteiger partial charge >= 0.3 is 0 Å². The fraction of sp³-hybridized carbons (Fsp3) is 0. The Morgan fingerprint density at radius 1 is 1.12 bits per heavy atom. The van der Waals surface area contributed by atoms with Gasteiger partial charge in [0.25, 0.3) is 0 Å². The van der Waals surface area contributed by atoms with Crippen molar-refractivity contribution < 1.29 is 4.74 Å². The summed E-state index contributed by atoms with van der Waals surface area (Å²) in [5.74, 6) is 1.22. The predicted octanol–water partition coefficient (Wildman–Crippen LogP) is 3.70. The minimum atomic E-state index is 0.559. The SMILES string of the molecule is N#Cc1ccc(Oc2c(N)cccc2Br)cc1. The van der Waals surface area contributed by atoms with E-state index < -0.39 is 0 Å². The van der Waals surface area contributed by atoms with E-state index in [2.05, 4.69) is 22.0 Å². The molecule has 0 fully saturated rings. The van der Waals surface area contributed by atoms with Crippen molar-refractivity contribution in [3.63, 3.8) is 0 Å². The number of nitrogens with two attached hydrogens (primary N) is 1. The van der Waals surface area contributed by atoms with Gasteiger partial charge in [0.2, 0.25) is 0 Å². The number of rotatable bonds is 2. The quantitative estimate of drug-likeness (QED) is 0.858. The Balaban J connectivity index is 2.29. The third-order valence-electron chi connectivity index (χ3n) is 2.20. The van der Waals surface area contributed by atoms with E-state index in [1.807, 2.05) is 12.1 Å². The lowest BCUT2D eigenvalue weighted by Gasteiger charge is -2.10. The Hall–Kier alpha value is -1.99. The number of anilines is 1. The molecule has 0 saturated carbocycles. The van der Waals surface area contributed by atoms with Crippen molar-refractivity contribution in [3.05, 3.63) is 52.5 Å². The van der Waals surface area contributed by atoms with Gasteiger partial charge in [0, 0.05) is 0 Å². The smallest absolute Gasteiger partial charge is 0.164 e. The first-order chi connectivity index (χ1) is 8.20. The number of nitrogen functional groups attached to an aromatic ring is 1. The van der Waals surface area contributed by atoms with Gasteiger partial charge in [0.15, 0.2) is 5.75 Å². The number of para-hydroxylation sites is 1. The van der Waals surface area contributed by atoms with Crippen molar-refractivity contribution in [2.24, 2.45) is 0 Å². The fourth-order valence-corrected chi connectivity index (χ4v) is 1.81. The van der Waals surface area contributed by atoms with E-state index in [0.29, 0.717) is 22.7 Å². The van der Waals surface area contributed by atoms with Gasteiger partial charge in [-0.3, -0.25) is 0 Å². The first kappa shape index (κ1) is 11.5. The van der Waals surface area contributed by atoms with Crippen molar-refractivity contribution in [2.75, 3.05) is 5.73 Å². The van der Waals surface area contributed by atoms with Crippen molar-refractivity contribution in [3.8, 4) is 17.6 Å². The largest absolute Gasteiger partial charge is 0.454 e. The maximum Gasteiger partial charge on any atom is 0.164 e. The van der Waals surface area contributed by atoms with Gasteiger partial charge in [-0.1, -0.05) is 6.07 Å². The normalized spacial score (nSPS) is 9.65. The average molecular weight is 289 g/mol. The summed E-state index contributed by atoms with van der Waals surface area (Å²) in [4.78, 5) is 0. The molecule has 84 valence electrons.